The summed E-state index contributed by atoms with van der Waals surface area (Å²) >= 11 is 0. The molecule has 0 atom stereocenters. The highest BCUT2D eigenvalue weighted by molar-refractivity contribution is 5.60. The molecule has 0 heterocycles. The first-order valence-electron chi connectivity index (χ1n) is 5.39. The fraction of sp³-hybridized carbons (Fsp3) is 0.462. The van der Waals surface area contributed by atoms with Crippen molar-refractivity contribution in [3.63, 3.8) is 0 Å². The molecular weight excluding hydrogens is 220 g/mol. The van der Waals surface area contributed by atoms with Crippen molar-refractivity contribution in [2.45, 2.75) is 33.0 Å². The lowest BCUT2D eigenvalue weighted by molar-refractivity contribution is -0.0108. The first-order chi connectivity index (χ1) is 7.90. The maximum absolute atomic E-state index is 11.3. The maximum atomic E-state index is 11.3. The first kappa shape index (κ1) is 13.4. The van der Waals surface area contributed by atoms with E-state index in [2.05, 4.69) is 0 Å². The van der Waals surface area contributed by atoms with E-state index >= 15 is 0 Å². The monoisotopic (exact) mass is 238 g/mol. The molecule has 94 valence electrons. The largest absolute Gasteiger partial charge is 0.509 e. The Hall–Kier alpha value is -1.71. The molecule has 4 nitrogen and oxygen atoms in total. The van der Waals surface area contributed by atoms with Crippen molar-refractivity contribution >= 4 is 6.16 Å². The van der Waals surface area contributed by atoms with Crippen LogP contribution in [0.2, 0.25) is 0 Å². The molecule has 0 aliphatic heterocycles. The number of methoxy groups -OCH3 is 1. The molecule has 1 rings (SSSR count). The quantitative estimate of drug-likeness (QED) is 0.759. The molecule has 0 fully saturated rings. The van der Waals surface area contributed by atoms with E-state index in [1.165, 1.54) is 0 Å². The van der Waals surface area contributed by atoms with Gasteiger partial charge in [-0.2, -0.15) is 0 Å². The van der Waals surface area contributed by atoms with Crippen LogP contribution in [0.5, 0.6) is 5.75 Å². The number of ether oxygens (including phenoxy) is 3. The second kappa shape index (κ2) is 5.57. The van der Waals surface area contributed by atoms with E-state index in [0.29, 0.717) is 0 Å². The van der Waals surface area contributed by atoms with Crippen molar-refractivity contribution in [2.75, 3.05) is 7.11 Å². The predicted octanol–water partition coefficient (Wildman–Crippen LogP) is 3.15. The van der Waals surface area contributed by atoms with Crippen molar-refractivity contribution in [3.05, 3.63) is 29.8 Å². The zero-order valence-corrected chi connectivity index (χ0v) is 10.6. The van der Waals surface area contributed by atoms with Gasteiger partial charge < -0.3 is 14.2 Å². The number of carbonyl (C=O) groups is 1. The lowest BCUT2D eigenvalue weighted by Gasteiger charge is -2.18. The van der Waals surface area contributed by atoms with Crippen LogP contribution in [-0.2, 0) is 16.1 Å². The Balaban J connectivity index is 2.42. The molecular formula is C13H18O4. The summed E-state index contributed by atoms with van der Waals surface area (Å²) in [6.07, 6.45) is -0.659. The number of carbonyl (C=O) groups excluding carboxylic acids is 1. The van der Waals surface area contributed by atoms with E-state index in [1.54, 1.807) is 27.9 Å². The predicted molar refractivity (Wildman–Crippen MR) is 64.0 cm³/mol. The van der Waals surface area contributed by atoms with E-state index in [9.17, 15) is 4.79 Å². The molecule has 0 bridgehead atoms. The van der Waals surface area contributed by atoms with Gasteiger partial charge in [0.05, 0.1) is 7.11 Å². The second-order valence-corrected chi connectivity index (χ2v) is 4.60. The summed E-state index contributed by atoms with van der Waals surface area (Å²) < 4.78 is 15.0. The van der Waals surface area contributed by atoms with Crippen molar-refractivity contribution in [3.8, 4) is 5.75 Å². The number of rotatable bonds is 3. The highest BCUT2D eigenvalue weighted by Crippen LogP contribution is 2.13. The Morgan fingerprint density at radius 3 is 2.24 bits per heavy atom. The molecule has 0 saturated heterocycles. The third kappa shape index (κ3) is 5.24. The zero-order chi connectivity index (χ0) is 12.9. The van der Waals surface area contributed by atoms with Crippen LogP contribution in [0.1, 0.15) is 26.3 Å². The van der Waals surface area contributed by atoms with Gasteiger partial charge >= 0.3 is 6.16 Å². The van der Waals surface area contributed by atoms with Gasteiger partial charge in [0.15, 0.2) is 0 Å². The van der Waals surface area contributed by atoms with E-state index in [1.807, 2.05) is 24.3 Å². The summed E-state index contributed by atoms with van der Waals surface area (Å²) in [4.78, 5) is 11.3. The summed E-state index contributed by atoms with van der Waals surface area (Å²) in [5.74, 6) is 0.769. The zero-order valence-electron chi connectivity index (χ0n) is 10.6. The molecule has 17 heavy (non-hydrogen) atoms. The molecule has 0 unspecified atom stereocenters. The molecule has 4 heteroatoms. The fourth-order valence-electron chi connectivity index (χ4n) is 1.14. The maximum Gasteiger partial charge on any atom is 0.509 e. The normalized spacial score (nSPS) is 10.8. The lowest BCUT2D eigenvalue weighted by Crippen LogP contribution is -2.24. The minimum atomic E-state index is -0.659. The minimum absolute atomic E-state index is 0.193. The van der Waals surface area contributed by atoms with Crippen LogP contribution in [-0.4, -0.2) is 18.9 Å². The van der Waals surface area contributed by atoms with E-state index in [-0.39, 0.29) is 6.61 Å². The van der Waals surface area contributed by atoms with Crippen molar-refractivity contribution in [2.24, 2.45) is 0 Å². The Morgan fingerprint density at radius 2 is 1.76 bits per heavy atom. The molecule has 0 spiro atoms. The number of hydrogen-bond acceptors (Lipinski definition) is 4. The Labute approximate surface area is 101 Å². The molecule has 1 aromatic rings. The SMILES string of the molecule is COc1ccc(COC(=O)OC(C)(C)C)cc1. The van der Waals surface area contributed by atoms with Crippen LogP contribution >= 0.6 is 0 Å². The van der Waals surface area contributed by atoms with Crippen LogP contribution in [0, 0.1) is 0 Å². The number of benzene rings is 1. The number of hydrogen-bond donors (Lipinski definition) is 0. The molecule has 0 aliphatic rings. The average Bonchev–Trinajstić information content (AvgIpc) is 2.25. The third-order valence-electron chi connectivity index (χ3n) is 1.91. The minimum Gasteiger partial charge on any atom is -0.497 e. The molecule has 0 radical (unpaired) electrons. The van der Waals surface area contributed by atoms with Crippen LogP contribution in [0.25, 0.3) is 0 Å². The molecule has 1 aromatic carbocycles. The molecule has 0 N–H and O–H groups in total. The van der Waals surface area contributed by atoms with Crippen LogP contribution < -0.4 is 4.74 Å². The van der Waals surface area contributed by atoms with Gasteiger partial charge in [0, 0.05) is 0 Å². The van der Waals surface area contributed by atoms with Gasteiger partial charge in [-0.15, -0.1) is 0 Å². The summed E-state index contributed by atoms with van der Waals surface area (Å²) in [7, 11) is 1.60. The van der Waals surface area contributed by atoms with Crippen molar-refractivity contribution in [1.29, 1.82) is 0 Å². The van der Waals surface area contributed by atoms with Crippen LogP contribution in [0.15, 0.2) is 24.3 Å². The average molecular weight is 238 g/mol. The van der Waals surface area contributed by atoms with Gasteiger partial charge in [0.25, 0.3) is 0 Å². The summed E-state index contributed by atoms with van der Waals surface area (Å²) in [6.45, 7) is 5.57. The summed E-state index contributed by atoms with van der Waals surface area (Å²) in [6, 6.07) is 7.30. The van der Waals surface area contributed by atoms with Gasteiger partial charge in [0.1, 0.15) is 18.0 Å². The first-order valence-corrected chi connectivity index (χ1v) is 5.39. The van der Waals surface area contributed by atoms with Gasteiger partial charge in [0.2, 0.25) is 0 Å². The molecule has 0 aliphatic carbocycles. The second-order valence-electron chi connectivity index (χ2n) is 4.60. The van der Waals surface area contributed by atoms with Crippen LogP contribution in [0.3, 0.4) is 0 Å². The smallest absolute Gasteiger partial charge is 0.497 e. The van der Waals surface area contributed by atoms with Gasteiger partial charge in [-0.25, -0.2) is 4.79 Å². The topological polar surface area (TPSA) is 44.8 Å². The van der Waals surface area contributed by atoms with Gasteiger partial charge in [-0.05, 0) is 38.5 Å². The highest BCUT2D eigenvalue weighted by atomic mass is 16.7. The standard InChI is InChI=1S/C13H18O4/c1-13(2,3)17-12(14)16-9-10-5-7-11(15-4)8-6-10/h5-8H,9H2,1-4H3. The Kier molecular flexibility index (Phi) is 4.37. The highest BCUT2D eigenvalue weighted by Gasteiger charge is 2.17. The lowest BCUT2D eigenvalue weighted by atomic mass is 10.2. The fourth-order valence-corrected chi connectivity index (χ4v) is 1.14. The summed E-state index contributed by atoms with van der Waals surface area (Å²) in [5.41, 5.74) is 0.355. The molecule has 0 amide bonds. The van der Waals surface area contributed by atoms with E-state index < -0.39 is 11.8 Å². The van der Waals surface area contributed by atoms with E-state index in [0.717, 1.165) is 11.3 Å². The van der Waals surface area contributed by atoms with E-state index in [4.69, 9.17) is 14.2 Å². The van der Waals surface area contributed by atoms with Crippen LogP contribution in [0.4, 0.5) is 4.79 Å². The molecule has 0 aromatic heterocycles. The van der Waals surface area contributed by atoms with Crippen molar-refractivity contribution < 1.29 is 19.0 Å². The van der Waals surface area contributed by atoms with Gasteiger partial charge in [-0.1, -0.05) is 12.1 Å². The van der Waals surface area contributed by atoms with Crippen molar-refractivity contribution in [1.82, 2.24) is 0 Å². The Morgan fingerprint density at radius 1 is 1.18 bits per heavy atom. The molecule has 0 saturated carbocycles. The van der Waals surface area contributed by atoms with Gasteiger partial charge in [-0.3, -0.25) is 0 Å². The summed E-state index contributed by atoms with van der Waals surface area (Å²) in [5, 5.41) is 0. The Bertz CT molecular complexity index is 362. The third-order valence-corrected chi connectivity index (χ3v) is 1.91.